The van der Waals surface area contributed by atoms with Crippen LogP contribution in [0, 0.1) is 0 Å². The summed E-state index contributed by atoms with van der Waals surface area (Å²) in [4.78, 5) is 15.7. The average molecular weight is 300 g/mol. The molecule has 0 spiro atoms. The molecule has 2 rings (SSSR count). The first kappa shape index (κ1) is 12.8. The third-order valence-corrected chi connectivity index (χ3v) is 3.77. The van der Waals surface area contributed by atoms with E-state index in [0.29, 0.717) is 10.5 Å². The van der Waals surface area contributed by atoms with E-state index < -0.39 is 0 Å². The van der Waals surface area contributed by atoms with E-state index in [-0.39, 0.29) is 5.56 Å². The molecule has 1 aliphatic carbocycles. The van der Waals surface area contributed by atoms with Crippen LogP contribution in [0.4, 0.5) is 0 Å². The van der Waals surface area contributed by atoms with Gasteiger partial charge in [-0.25, -0.2) is 4.98 Å². The van der Waals surface area contributed by atoms with Crippen LogP contribution in [-0.2, 0) is 6.54 Å². The molecule has 1 N–H and O–H groups in total. The van der Waals surface area contributed by atoms with E-state index in [9.17, 15) is 4.79 Å². The summed E-state index contributed by atoms with van der Waals surface area (Å²) in [6.07, 6.45) is 9.42. The lowest BCUT2D eigenvalue weighted by atomic mass is 10.2. The number of hydrogen-bond acceptors (Lipinski definition) is 3. The number of nitrogens with one attached hydrogen (secondary N) is 1. The van der Waals surface area contributed by atoms with Gasteiger partial charge in [-0.05, 0) is 41.7 Å². The monoisotopic (exact) mass is 299 g/mol. The van der Waals surface area contributed by atoms with Gasteiger partial charge in [0.05, 0.1) is 6.33 Å². The Bertz CT molecular complexity index is 412. The highest BCUT2D eigenvalue weighted by molar-refractivity contribution is 9.10. The van der Waals surface area contributed by atoms with E-state index in [1.165, 1.54) is 31.9 Å². The fourth-order valence-corrected chi connectivity index (χ4v) is 2.61. The number of aromatic nitrogens is 2. The molecule has 1 saturated carbocycles. The van der Waals surface area contributed by atoms with Gasteiger partial charge in [-0.2, -0.15) is 0 Å². The second kappa shape index (κ2) is 6.31. The Morgan fingerprint density at radius 3 is 3.00 bits per heavy atom. The van der Waals surface area contributed by atoms with Crippen LogP contribution < -0.4 is 10.9 Å². The molecule has 94 valence electrons. The Labute approximate surface area is 110 Å². The van der Waals surface area contributed by atoms with Crippen molar-refractivity contribution in [1.82, 2.24) is 14.9 Å². The molecule has 17 heavy (non-hydrogen) atoms. The maximum atomic E-state index is 11.7. The molecule has 1 aromatic heterocycles. The highest BCUT2D eigenvalue weighted by atomic mass is 79.9. The van der Waals surface area contributed by atoms with Crippen molar-refractivity contribution in [2.75, 3.05) is 6.54 Å². The molecule has 1 heterocycles. The number of halogens is 1. The summed E-state index contributed by atoms with van der Waals surface area (Å²) in [6, 6.07) is 0.701. The molecule has 5 heteroatoms. The average Bonchev–Trinajstić information content (AvgIpc) is 2.83. The molecule has 1 aromatic rings. The molecule has 1 fully saturated rings. The van der Waals surface area contributed by atoms with Crippen molar-refractivity contribution in [3.63, 3.8) is 0 Å². The number of nitrogens with zero attached hydrogens (tertiary/aromatic N) is 2. The first-order valence-electron chi connectivity index (χ1n) is 6.20. The zero-order chi connectivity index (χ0) is 12.1. The van der Waals surface area contributed by atoms with Gasteiger partial charge >= 0.3 is 0 Å². The summed E-state index contributed by atoms with van der Waals surface area (Å²) in [5, 5.41) is 3.54. The first-order valence-corrected chi connectivity index (χ1v) is 7.00. The van der Waals surface area contributed by atoms with Crippen molar-refractivity contribution < 1.29 is 0 Å². The standard InChI is InChI=1S/C12H18BrN3O/c13-11-8-14-9-16(12(11)17)7-3-6-15-10-4-1-2-5-10/h8-10,15H,1-7H2. The van der Waals surface area contributed by atoms with Crippen LogP contribution in [0.5, 0.6) is 0 Å². The highest BCUT2D eigenvalue weighted by Gasteiger charge is 2.13. The summed E-state index contributed by atoms with van der Waals surface area (Å²) in [5.41, 5.74) is 0.000802. The van der Waals surface area contributed by atoms with E-state index in [0.717, 1.165) is 19.5 Å². The van der Waals surface area contributed by atoms with E-state index in [2.05, 4.69) is 26.2 Å². The van der Waals surface area contributed by atoms with Crippen LogP contribution in [0.15, 0.2) is 21.8 Å². The number of aryl methyl sites for hydroxylation is 1. The topological polar surface area (TPSA) is 46.9 Å². The fourth-order valence-electron chi connectivity index (χ4n) is 2.27. The summed E-state index contributed by atoms with van der Waals surface area (Å²) >= 11 is 3.20. The van der Waals surface area contributed by atoms with Crippen molar-refractivity contribution in [3.8, 4) is 0 Å². The number of hydrogen-bond donors (Lipinski definition) is 1. The Hall–Kier alpha value is -0.680. The molecule has 0 aliphatic heterocycles. The third kappa shape index (κ3) is 3.64. The molecule has 0 saturated heterocycles. The van der Waals surface area contributed by atoms with Gasteiger partial charge in [-0.3, -0.25) is 9.36 Å². The fraction of sp³-hybridized carbons (Fsp3) is 0.667. The molecule has 0 amide bonds. The molecular formula is C12H18BrN3O. The predicted octanol–water partition coefficient (Wildman–Crippen LogP) is 1.93. The Morgan fingerprint density at radius 2 is 2.24 bits per heavy atom. The van der Waals surface area contributed by atoms with Crippen molar-refractivity contribution in [3.05, 3.63) is 27.4 Å². The summed E-state index contributed by atoms with van der Waals surface area (Å²) in [7, 11) is 0. The summed E-state index contributed by atoms with van der Waals surface area (Å²) in [5.74, 6) is 0. The molecular weight excluding hydrogens is 282 g/mol. The molecule has 0 unspecified atom stereocenters. The number of rotatable bonds is 5. The maximum Gasteiger partial charge on any atom is 0.267 e. The summed E-state index contributed by atoms with van der Waals surface area (Å²) < 4.78 is 2.18. The van der Waals surface area contributed by atoms with Gasteiger partial charge in [0.25, 0.3) is 5.56 Å². The largest absolute Gasteiger partial charge is 0.314 e. The Balaban J connectivity index is 1.74. The predicted molar refractivity (Wildman–Crippen MR) is 71.1 cm³/mol. The van der Waals surface area contributed by atoms with Gasteiger partial charge in [0.2, 0.25) is 0 Å². The van der Waals surface area contributed by atoms with E-state index in [4.69, 9.17) is 0 Å². The van der Waals surface area contributed by atoms with Crippen LogP contribution >= 0.6 is 15.9 Å². The minimum Gasteiger partial charge on any atom is -0.314 e. The van der Waals surface area contributed by atoms with E-state index in [1.807, 2.05) is 0 Å². The lowest BCUT2D eigenvalue weighted by Crippen LogP contribution is -2.29. The molecule has 1 aliphatic rings. The van der Waals surface area contributed by atoms with E-state index >= 15 is 0 Å². The second-order valence-electron chi connectivity index (χ2n) is 4.53. The van der Waals surface area contributed by atoms with Crippen LogP contribution in [0.1, 0.15) is 32.1 Å². The van der Waals surface area contributed by atoms with Crippen LogP contribution in [0.3, 0.4) is 0 Å². The minimum atomic E-state index is 0.000802. The van der Waals surface area contributed by atoms with Gasteiger partial charge < -0.3 is 5.32 Å². The second-order valence-corrected chi connectivity index (χ2v) is 5.38. The molecule has 4 nitrogen and oxygen atoms in total. The zero-order valence-corrected chi connectivity index (χ0v) is 11.4. The van der Waals surface area contributed by atoms with Crippen molar-refractivity contribution in [2.45, 2.75) is 44.7 Å². The van der Waals surface area contributed by atoms with Crippen LogP contribution in [0.2, 0.25) is 0 Å². The summed E-state index contributed by atoms with van der Waals surface area (Å²) in [6.45, 7) is 1.70. The Kier molecular flexibility index (Phi) is 4.74. The van der Waals surface area contributed by atoms with Crippen molar-refractivity contribution in [2.24, 2.45) is 0 Å². The van der Waals surface area contributed by atoms with Gasteiger partial charge in [0.1, 0.15) is 4.47 Å². The SMILES string of the molecule is O=c1c(Br)cncn1CCCNC1CCCC1. The minimum absolute atomic E-state index is 0.000802. The molecule has 0 aromatic carbocycles. The van der Waals surface area contributed by atoms with Gasteiger partial charge in [-0.1, -0.05) is 12.8 Å². The van der Waals surface area contributed by atoms with Gasteiger partial charge in [-0.15, -0.1) is 0 Å². The normalized spacial score (nSPS) is 16.5. The zero-order valence-electron chi connectivity index (χ0n) is 9.86. The van der Waals surface area contributed by atoms with Crippen LogP contribution in [-0.4, -0.2) is 22.1 Å². The first-order chi connectivity index (χ1) is 8.27. The quantitative estimate of drug-likeness (QED) is 0.845. The smallest absolute Gasteiger partial charge is 0.267 e. The third-order valence-electron chi connectivity index (χ3n) is 3.22. The van der Waals surface area contributed by atoms with Gasteiger partial charge in [0.15, 0.2) is 0 Å². The molecule has 0 atom stereocenters. The lowest BCUT2D eigenvalue weighted by molar-refractivity contribution is 0.490. The van der Waals surface area contributed by atoms with Gasteiger partial charge in [0, 0.05) is 18.8 Å². The van der Waals surface area contributed by atoms with Crippen molar-refractivity contribution in [1.29, 1.82) is 0 Å². The molecule has 0 bridgehead atoms. The highest BCUT2D eigenvalue weighted by Crippen LogP contribution is 2.17. The lowest BCUT2D eigenvalue weighted by Gasteiger charge is -2.11. The van der Waals surface area contributed by atoms with Crippen molar-refractivity contribution >= 4 is 15.9 Å². The Morgan fingerprint density at radius 1 is 1.47 bits per heavy atom. The van der Waals surface area contributed by atoms with E-state index in [1.54, 1.807) is 10.9 Å². The van der Waals surface area contributed by atoms with Crippen LogP contribution in [0.25, 0.3) is 0 Å². The molecule has 0 radical (unpaired) electrons. The maximum absolute atomic E-state index is 11.7.